The molecule has 2 fully saturated rings. The maximum absolute atomic E-state index is 12.7. The SMILES string of the molecule is Cc1nc2ccccc2n1[C@H]1CCN(CCC(CNS(=O)(=O)CC(F)(F)F)c2ccccc2)C2CC[C@H]2C1. The molecule has 1 saturated heterocycles. The van der Waals surface area contributed by atoms with Gasteiger partial charge in [-0.2, -0.15) is 13.2 Å². The molecule has 10 heteroatoms. The molecule has 1 aromatic heterocycles. The van der Waals surface area contributed by atoms with Crippen LogP contribution in [0.1, 0.15) is 55.5 Å². The quantitative estimate of drug-likeness (QED) is 0.388. The maximum Gasteiger partial charge on any atom is 0.404 e. The molecular formula is C28H35F3N4O2S. The van der Waals surface area contributed by atoms with Crippen LogP contribution in [0.15, 0.2) is 54.6 Å². The maximum atomic E-state index is 12.7. The van der Waals surface area contributed by atoms with Crippen LogP contribution in [-0.2, 0) is 10.0 Å². The first-order valence-corrected chi connectivity index (χ1v) is 15.0. The normalized spacial score (nSPS) is 23.5. The smallest absolute Gasteiger partial charge is 0.325 e. The Morgan fingerprint density at radius 3 is 2.50 bits per heavy atom. The van der Waals surface area contributed by atoms with Crippen LogP contribution < -0.4 is 4.72 Å². The fourth-order valence-corrected chi connectivity index (χ4v) is 7.31. The highest BCUT2D eigenvalue weighted by molar-refractivity contribution is 7.89. The van der Waals surface area contributed by atoms with E-state index in [2.05, 4.69) is 39.3 Å². The number of imidazole rings is 1. The number of hydrogen-bond donors (Lipinski definition) is 1. The van der Waals surface area contributed by atoms with Crippen molar-refractivity contribution in [3.63, 3.8) is 0 Å². The van der Waals surface area contributed by atoms with Crippen molar-refractivity contribution in [2.75, 3.05) is 25.4 Å². The second-order valence-corrected chi connectivity index (χ2v) is 12.6. The van der Waals surface area contributed by atoms with Gasteiger partial charge in [0.2, 0.25) is 10.0 Å². The summed E-state index contributed by atoms with van der Waals surface area (Å²) in [5, 5.41) is 0. The van der Waals surface area contributed by atoms with Gasteiger partial charge in [-0.05, 0) is 75.1 Å². The van der Waals surface area contributed by atoms with Gasteiger partial charge < -0.3 is 9.47 Å². The molecule has 206 valence electrons. The van der Waals surface area contributed by atoms with E-state index in [1.54, 1.807) is 0 Å². The number of fused-ring (bicyclic) bond motifs is 2. The Kier molecular flexibility index (Phi) is 7.84. The fraction of sp³-hybridized carbons (Fsp3) is 0.536. The predicted octanol–water partition coefficient (Wildman–Crippen LogP) is 5.42. The summed E-state index contributed by atoms with van der Waals surface area (Å²) in [6.07, 6.45) is 0.358. The number of benzene rings is 2. The zero-order chi connectivity index (χ0) is 26.9. The number of halogens is 3. The highest BCUT2D eigenvalue weighted by Crippen LogP contribution is 2.43. The summed E-state index contributed by atoms with van der Waals surface area (Å²) in [5.41, 5.74) is 3.13. The molecule has 2 unspecified atom stereocenters. The summed E-state index contributed by atoms with van der Waals surface area (Å²) in [7, 11) is -4.45. The van der Waals surface area contributed by atoms with Gasteiger partial charge in [-0.15, -0.1) is 0 Å². The predicted molar refractivity (Wildman–Crippen MR) is 142 cm³/mol. The second kappa shape index (κ2) is 11.0. The number of hydrogen-bond acceptors (Lipinski definition) is 4. The van der Waals surface area contributed by atoms with Gasteiger partial charge in [-0.25, -0.2) is 18.1 Å². The molecule has 1 saturated carbocycles. The van der Waals surface area contributed by atoms with Crippen LogP contribution in [0, 0.1) is 12.8 Å². The van der Waals surface area contributed by atoms with Crippen LogP contribution in [0.25, 0.3) is 11.0 Å². The summed E-state index contributed by atoms with van der Waals surface area (Å²) >= 11 is 0. The molecule has 1 aliphatic heterocycles. The van der Waals surface area contributed by atoms with E-state index in [1.165, 1.54) is 11.9 Å². The van der Waals surface area contributed by atoms with E-state index < -0.39 is 22.0 Å². The van der Waals surface area contributed by atoms with E-state index in [9.17, 15) is 21.6 Å². The third-order valence-electron chi connectivity index (χ3n) is 8.25. The minimum Gasteiger partial charge on any atom is -0.325 e. The first-order chi connectivity index (χ1) is 18.1. The first kappa shape index (κ1) is 27.1. The number of likely N-dealkylation sites (tertiary alicyclic amines) is 1. The molecule has 5 rings (SSSR count). The molecule has 2 aromatic carbocycles. The zero-order valence-electron chi connectivity index (χ0n) is 21.6. The Bertz CT molecular complexity index is 1340. The average Bonchev–Trinajstić information content (AvgIpc) is 3.11. The minimum atomic E-state index is -4.77. The topological polar surface area (TPSA) is 67.2 Å². The van der Waals surface area contributed by atoms with Crippen molar-refractivity contribution in [2.45, 2.75) is 63.2 Å². The highest BCUT2D eigenvalue weighted by Gasteiger charge is 2.40. The largest absolute Gasteiger partial charge is 0.404 e. The lowest BCUT2D eigenvalue weighted by Gasteiger charge is -2.43. The third-order valence-corrected chi connectivity index (χ3v) is 9.56. The van der Waals surface area contributed by atoms with E-state index in [0.717, 1.165) is 49.3 Å². The molecule has 0 spiro atoms. The lowest BCUT2D eigenvalue weighted by atomic mass is 9.75. The molecule has 1 N–H and O–H groups in total. The van der Waals surface area contributed by atoms with Gasteiger partial charge in [-0.1, -0.05) is 42.5 Å². The number of para-hydroxylation sites is 2. The van der Waals surface area contributed by atoms with Gasteiger partial charge in [0.05, 0.1) is 11.0 Å². The van der Waals surface area contributed by atoms with Gasteiger partial charge in [0.15, 0.2) is 5.75 Å². The summed E-state index contributed by atoms with van der Waals surface area (Å²) in [4.78, 5) is 7.31. The van der Waals surface area contributed by atoms with Gasteiger partial charge in [0.1, 0.15) is 5.82 Å². The van der Waals surface area contributed by atoms with Gasteiger partial charge in [0, 0.05) is 25.2 Å². The monoisotopic (exact) mass is 548 g/mol. The van der Waals surface area contributed by atoms with Crippen molar-refractivity contribution in [3.05, 3.63) is 66.0 Å². The zero-order valence-corrected chi connectivity index (χ0v) is 22.4. The number of rotatable bonds is 9. The standard InChI is InChI=1S/C28H35F3N4O2S/c1-20-33-25-9-5-6-10-27(25)35(20)24-14-16-34(26-12-11-22(26)17-24)15-13-23(21-7-3-2-4-8-21)18-32-38(36,37)19-28(29,30)31/h2-10,22-24,26,32H,11-19H2,1H3/t22-,23?,24-,26?/m0/s1. The van der Waals surface area contributed by atoms with E-state index in [1.807, 2.05) is 36.4 Å². The van der Waals surface area contributed by atoms with Crippen LogP contribution in [0.2, 0.25) is 0 Å². The molecular weight excluding hydrogens is 513 g/mol. The van der Waals surface area contributed by atoms with Gasteiger partial charge in [0.25, 0.3) is 0 Å². The summed E-state index contributed by atoms with van der Waals surface area (Å²) in [5.74, 6) is -0.433. The van der Waals surface area contributed by atoms with Crippen LogP contribution in [-0.4, -0.2) is 60.5 Å². The van der Waals surface area contributed by atoms with Crippen LogP contribution in [0.3, 0.4) is 0 Å². The van der Waals surface area contributed by atoms with E-state index in [4.69, 9.17) is 4.98 Å². The number of nitrogens with zero attached hydrogens (tertiary/aromatic N) is 3. The van der Waals surface area contributed by atoms with E-state index in [-0.39, 0.29) is 12.5 Å². The Labute approximate surface area is 222 Å². The minimum absolute atomic E-state index is 0.0484. The van der Waals surface area contributed by atoms with Crippen molar-refractivity contribution in [3.8, 4) is 0 Å². The fourth-order valence-electron chi connectivity index (χ4n) is 6.32. The number of sulfonamides is 1. The highest BCUT2D eigenvalue weighted by atomic mass is 32.2. The molecule has 1 aliphatic carbocycles. The molecule has 2 heterocycles. The Morgan fingerprint density at radius 2 is 1.79 bits per heavy atom. The number of nitrogens with one attached hydrogen (secondary N) is 1. The summed E-state index contributed by atoms with van der Waals surface area (Å²) in [6, 6.07) is 18.6. The Morgan fingerprint density at radius 1 is 1.05 bits per heavy atom. The molecule has 3 aromatic rings. The molecule has 0 bridgehead atoms. The van der Waals surface area contributed by atoms with Crippen LogP contribution in [0.5, 0.6) is 0 Å². The number of aromatic nitrogens is 2. The lowest BCUT2D eigenvalue weighted by molar-refractivity contribution is -0.106. The van der Waals surface area contributed by atoms with Crippen molar-refractivity contribution in [1.82, 2.24) is 19.2 Å². The summed E-state index contributed by atoms with van der Waals surface area (Å²) < 4.78 is 66.9. The summed E-state index contributed by atoms with van der Waals surface area (Å²) in [6.45, 7) is 3.73. The lowest BCUT2D eigenvalue weighted by Crippen LogP contribution is -2.47. The molecule has 0 radical (unpaired) electrons. The average molecular weight is 549 g/mol. The van der Waals surface area contributed by atoms with Crippen molar-refractivity contribution in [1.29, 1.82) is 0 Å². The number of alkyl halides is 3. The van der Waals surface area contributed by atoms with Gasteiger partial charge in [-0.3, -0.25) is 0 Å². The van der Waals surface area contributed by atoms with Crippen molar-refractivity contribution >= 4 is 21.1 Å². The Hall–Kier alpha value is -2.43. The van der Waals surface area contributed by atoms with Crippen LogP contribution in [0.4, 0.5) is 13.2 Å². The van der Waals surface area contributed by atoms with E-state index in [0.29, 0.717) is 24.4 Å². The second-order valence-electron chi connectivity index (χ2n) is 10.8. The molecule has 2 aliphatic rings. The van der Waals surface area contributed by atoms with E-state index >= 15 is 0 Å². The first-order valence-electron chi connectivity index (χ1n) is 13.4. The third kappa shape index (κ3) is 6.24. The number of aryl methyl sites for hydroxylation is 1. The molecule has 0 amide bonds. The molecule has 38 heavy (non-hydrogen) atoms. The molecule has 6 nitrogen and oxygen atoms in total. The van der Waals surface area contributed by atoms with Gasteiger partial charge >= 0.3 is 6.18 Å². The Balaban J connectivity index is 1.28. The van der Waals surface area contributed by atoms with Crippen molar-refractivity contribution in [2.24, 2.45) is 5.92 Å². The molecule has 4 atom stereocenters. The van der Waals surface area contributed by atoms with Crippen molar-refractivity contribution < 1.29 is 21.6 Å². The van der Waals surface area contributed by atoms with Crippen LogP contribution >= 0.6 is 0 Å².